The Balaban J connectivity index is 2.54. The molecular weight excluding hydrogens is 226 g/mol. The first kappa shape index (κ1) is 14.9. The maximum absolute atomic E-state index is 12.1. The van der Waals surface area contributed by atoms with Gasteiger partial charge in [0.15, 0.2) is 5.78 Å². The molecule has 0 unspecified atom stereocenters. The number of aryl methyl sites for hydroxylation is 2. The van der Waals surface area contributed by atoms with E-state index in [9.17, 15) is 4.79 Å². The predicted octanol–water partition coefficient (Wildman–Crippen LogP) is 2.45. The molecule has 3 nitrogen and oxygen atoms in total. The van der Waals surface area contributed by atoms with Crippen molar-refractivity contribution in [2.75, 3.05) is 33.4 Å². The Kier molecular flexibility index (Phi) is 6.02. The molecule has 0 saturated heterocycles. The molecule has 0 amide bonds. The topological polar surface area (TPSA) is 29.5 Å². The van der Waals surface area contributed by atoms with Crippen molar-refractivity contribution in [3.8, 4) is 0 Å². The molecule has 0 N–H and O–H groups in total. The van der Waals surface area contributed by atoms with E-state index in [2.05, 4.69) is 0 Å². The second-order valence-electron chi connectivity index (χ2n) is 4.68. The maximum Gasteiger partial charge on any atom is 0.177 e. The number of ether oxygens (including phenoxy) is 1. The fraction of sp³-hybridized carbons (Fsp3) is 0.533. The molecule has 0 aliphatic carbocycles. The summed E-state index contributed by atoms with van der Waals surface area (Å²) in [6, 6.07) is 5.96. The van der Waals surface area contributed by atoms with Crippen LogP contribution < -0.4 is 0 Å². The number of benzene rings is 1. The summed E-state index contributed by atoms with van der Waals surface area (Å²) in [5, 5.41) is 0. The second-order valence-corrected chi connectivity index (χ2v) is 4.68. The van der Waals surface area contributed by atoms with Crippen LogP contribution in [-0.2, 0) is 4.74 Å². The van der Waals surface area contributed by atoms with Gasteiger partial charge in [0.2, 0.25) is 0 Å². The number of hydrogen-bond acceptors (Lipinski definition) is 3. The largest absolute Gasteiger partial charge is 0.380 e. The highest BCUT2D eigenvalue weighted by Crippen LogP contribution is 2.11. The van der Waals surface area contributed by atoms with E-state index in [1.54, 1.807) is 0 Å². The summed E-state index contributed by atoms with van der Waals surface area (Å²) >= 11 is 0. The normalized spacial score (nSPS) is 10.9. The van der Waals surface area contributed by atoms with Crippen LogP contribution in [0.25, 0.3) is 0 Å². The molecule has 3 heteroatoms. The third-order valence-corrected chi connectivity index (χ3v) is 2.92. The minimum absolute atomic E-state index is 0.173. The molecule has 0 spiro atoms. The van der Waals surface area contributed by atoms with Crippen LogP contribution in [0.15, 0.2) is 18.2 Å². The standard InChI is InChI=1S/C15H23NO2/c1-5-18-9-8-16(4)11-15(17)14-7-6-12(2)10-13(14)3/h6-7,10H,5,8-9,11H2,1-4H3. The van der Waals surface area contributed by atoms with Crippen molar-refractivity contribution in [2.45, 2.75) is 20.8 Å². The first-order valence-corrected chi connectivity index (χ1v) is 6.41. The summed E-state index contributed by atoms with van der Waals surface area (Å²) in [6.45, 7) is 8.62. The monoisotopic (exact) mass is 249 g/mol. The van der Waals surface area contributed by atoms with Gasteiger partial charge in [-0.25, -0.2) is 0 Å². The third-order valence-electron chi connectivity index (χ3n) is 2.92. The van der Waals surface area contributed by atoms with Crippen LogP contribution in [0.2, 0.25) is 0 Å². The van der Waals surface area contributed by atoms with Gasteiger partial charge in [0.1, 0.15) is 0 Å². The highest BCUT2D eigenvalue weighted by molar-refractivity contribution is 5.98. The molecule has 0 bridgehead atoms. The Morgan fingerprint density at radius 2 is 2.06 bits per heavy atom. The van der Waals surface area contributed by atoms with Crippen LogP contribution in [0, 0.1) is 13.8 Å². The van der Waals surface area contributed by atoms with Gasteiger partial charge in [0, 0.05) is 18.7 Å². The van der Waals surface area contributed by atoms with Crippen LogP contribution in [0.1, 0.15) is 28.4 Å². The fourth-order valence-corrected chi connectivity index (χ4v) is 1.90. The van der Waals surface area contributed by atoms with Crippen LogP contribution >= 0.6 is 0 Å². The van der Waals surface area contributed by atoms with Crippen LogP contribution in [0.5, 0.6) is 0 Å². The summed E-state index contributed by atoms with van der Waals surface area (Å²) in [6.07, 6.45) is 0. The van der Waals surface area contributed by atoms with E-state index >= 15 is 0 Å². The molecule has 100 valence electrons. The summed E-state index contributed by atoms with van der Waals surface area (Å²) < 4.78 is 5.28. The molecule has 0 heterocycles. The molecule has 18 heavy (non-hydrogen) atoms. The highest BCUT2D eigenvalue weighted by atomic mass is 16.5. The number of carbonyl (C=O) groups is 1. The van der Waals surface area contributed by atoms with E-state index in [1.165, 1.54) is 5.56 Å². The number of hydrogen-bond donors (Lipinski definition) is 0. The average molecular weight is 249 g/mol. The van der Waals surface area contributed by atoms with Gasteiger partial charge >= 0.3 is 0 Å². The Morgan fingerprint density at radius 1 is 1.33 bits per heavy atom. The number of rotatable bonds is 7. The summed E-state index contributed by atoms with van der Waals surface area (Å²) in [4.78, 5) is 14.1. The van der Waals surface area contributed by atoms with Gasteiger partial charge in [0.25, 0.3) is 0 Å². The average Bonchev–Trinajstić information content (AvgIpc) is 2.28. The smallest absolute Gasteiger partial charge is 0.177 e. The molecule has 1 aromatic rings. The Labute approximate surface area is 110 Å². The van der Waals surface area contributed by atoms with E-state index in [0.717, 1.165) is 24.3 Å². The van der Waals surface area contributed by atoms with Crippen molar-refractivity contribution in [3.05, 3.63) is 34.9 Å². The van der Waals surface area contributed by atoms with Gasteiger partial charge in [-0.15, -0.1) is 0 Å². The molecule has 0 aromatic heterocycles. The molecule has 0 aliphatic heterocycles. The second kappa shape index (κ2) is 7.29. The Morgan fingerprint density at radius 3 is 2.67 bits per heavy atom. The lowest BCUT2D eigenvalue weighted by atomic mass is 10.0. The highest BCUT2D eigenvalue weighted by Gasteiger charge is 2.11. The summed E-state index contributed by atoms with van der Waals surface area (Å²) in [5.41, 5.74) is 3.07. The fourth-order valence-electron chi connectivity index (χ4n) is 1.90. The van der Waals surface area contributed by atoms with E-state index in [0.29, 0.717) is 13.2 Å². The molecule has 0 atom stereocenters. The zero-order valence-electron chi connectivity index (χ0n) is 11.8. The zero-order valence-corrected chi connectivity index (χ0v) is 11.8. The lowest BCUT2D eigenvalue weighted by Gasteiger charge is -2.16. The summed E-state index contributed by atoms with van der Waals surface area (Å²) in [5.74, 6) is 0.173. The van der Waals surface area contributed by atoms with Gasteiger partial charge in [-0.1, -0.05) is 23.8 Å². The lowest BCUT2D eigenvalue weighted by molar-refractivity contribution is 0.0896. The van der Waals surface area contributed by atoms with Crippen LogP contribution in [0.4, 0.5) is 0 Å². The van der Waals surface area contributed by atoms with Gasteiger partial charge < -0.3 is 4.74 Å². The maximum atomic E-state index is 12.1. The molecule has 0 aliphatic rings. The molecule has 0 fully saturated rings. The summed E-state index contributed by atoms with van der Waals surface area (Å²) in [7, 11) is 1.94. The minimum atomic E-state index is 0.173. The van der Waals surface area contributed by atoms with Crippen molar-refractivity contribution in [2.24, 2.45) is 0 Å². The van der Waals surface area contributed by atoms with Crippen molar-refractivity contribution >= 4 is 5.78 Å². The molecule has 1 aromatic carbocycles. The van der Waals surface area contributed by atoms with Crippen LogP contribution in [-0.4, -0.2) is 44.0 Å². The third kappa shape index (κ3) is 4.59. The number of nitrogens with zero attached hydrogens (tertiary/aromatic N) is 1. The number of carbonyl (C=O) groups excluding carboxylic acids is 1. The molecular formula is C15H23NO2. The van der Waals surface area contributed by atoms with E-state index in [4.69, 9.17) is 4.74 Å². The van der Waals surface area contributed by atoms with Gasteiger partial charge in [0.05, 0.1) is 13.2 Å². The van der Waals surface area contributed by atoms with Crippen molar-refractivity contribution in [1.29, 1.82) is 0 Å². The van der Waals surface area contributed by atoms with Crippen molar-refractivity contribution in [1.82, 2.24) is 4.90 Å². The first-order chi connectivity index (χ1) is 8.54. The van der Waals surface area contributed by atoms with Gasteiger partial charge in [-0.05, 0) is 33.4 Å². The van der Waals surface area contributed by atoms with Gasteiger partial charge in [-0.3, -0.25) is 9.69 Å². The molecule has 0 saturated carbocycles. The van der Waals surface area contributed by atoms with Crippen molar-refractivity contribution in [3.63, 3.8) is 0 Å². The number of likely N-dealkylation sites (N-methyl/N-ethyl adjacent to an activating group) is 1. The van der Waals surface area contributed by atoms with E-state index < -0.39 is 0 Å². The SMILES string of the molecule is CCOCCN(C)CC(=O)c1ccc(C)cc1C. The van der Waals surface area contributed by atoms with Gasteiger partial charge in [-0.2, -0.15) is 0 Å². The predicted molar refractivity (Wildman–Crippen MR) is 74.2 cm³/mol. The Bertz CT molecular complexity index is 401. The Hall–Kier alpha value is -1.19. The van der Waals surface area contributed by atoms with E-state index in [1.807, 2.05) is 50.9 Å². The van der Waals surface area contributed by atoms with Crippen molar-refractivity contribution < 1.29 is 9.53 Å². The van der Waals surface area contributed by atoms with Crippen LogP contribution in [0.3, 0.4) is 0 Å². The quantitative estimate of drug-likeness (QED) is 0.549. The lowest BCUT2D eigenvalue weighted by Crippen LogP contribution is -2.29. The number of ketones is 1. The molecule has 0 radical (unpaired) electrons. The first-order valence-electron chi connectivity index (χ1n) is 6.41. The number of Topliss-reactive ketones (excluding diaryl/α,β-unsaturated/α-hetero) is 1. The minimum Gasteiger partial charge on any atom is -0.380 e. The zero-order chi connectivity index (χ0) is 13.5. The van der Waals surface area contributed by atoms with E-state index in [-0.39, 0.29) is 5.78 Å². The molecule has 1 rings (SSSR count).